The van der Waals surface area contributed by atoms with Crippen LogP contribution in [0.15, 0.2) is 29.1 Å². The highest BCUT2D eigenvalue weighted by Gasteiger charge is 2.07. The van der Waals surface area contributed by atoms with Crippen LogP contribution in [0.2, 0.25) is 0 Å². The number of nitrogen functional groups attached to an aromatic ring is 2. The van der Waals surface area contributed by atoms with Gasteiger partial charge in [0.05, 0.1) is 0 Å². The summed E-state index contributed by atoms with van der Waals surface area (Å²) in [5.41, 5.74) is 8.52. The molecular weight excluding hydrogens is 286 g/mol. The second-order valence-corrected chi connectivity index (χ2v) is 4.03. The summed E-state index contributed by atoms with van der Waals surface area (Å²) in [6.45, 7) is 0. The number of nitrogens with two attached hydrogens (primary N) is 2. The number of anilines is 4. The van der Waals surface area contributed by atoms with Crippen LogP contribution in [0.25, 0.3) is 0 Å². The van der Waals surface area contributed by atoms with Crippen molar-refractivity contribution in [1.29, 1.82) is 0 Å². The first kappa shape index (κ1) is 11.6. The van der Waals surface area contributed by atoms with E-state index in [-0.39, 0.29) is 0 Å². The molecule has 88 valence electrons. The summed E-state index contributed by atoms with van der Waals surface area (Å²) in [6, 6.07) is 3.65. The van der Waals surface area contributed by atoms with Gasteiger partial charge in [0, 0.05) is 10.7 Å². The van der Waals surface area contributed by atoms with E-state index < -0.39 is 0 Å². The maximum atomic E-state index is 5.80. The first-order valence-electron chi connectivity index (χ1n) is 4.66. The van der Waals surface area contributed by atoms with Gasteiger partial charge in [0.15, 0.2) is 11.6 Å². The number of hydrogen-bond acceptors (Lipinski definition) is 7. The predicted molar refractivity (Wildman–Crippen MR) is 69.5 cm³/mol. The average Bonchev–Trinajstić information content (AvgIpc) is 2.35. The predicted octanol–water partition coefficient (Wildman–Crippen LogP) is 1.25. The standard InChI is InChI=1S/C9H10BrN7/c10-5-1-2-6(13-3-5)16-8-7(11)9(17-12)15-4-14-8/h1-4H,11-12H2,(H2,13,14,15,16,17). The van der Waals surface area contributed by atoms with E-state index in [1.807, 2.05) is 6.07 Å². The molecule has 0 radical (unpaired) electrons. The molecule has 0 aliphatic carbocycles. The normalized spacial score (nSPS) is 10.0. The van der Waals surface area contributed by atoms with Gasteiger partial charge in [0.25, 0.3) is 0 Å². The Labute approximate surface area is 106 Å². The molecule has 8 heteroatoms. The molecule has 0 bridgehead atoms. The molecule has 0 saturated carbocycles. The molecule has 0 fully saturated rings. The third-order valence-electron chi connectivity index (χ3n) is 1.99. The lowest BCUT2D eigenvalue weighted by Gasteiger charge is -2.09. The van der Waals surface area contributed by atoms with Crippen molar-refractivity contribution in [2.45, 2.75) is 0 Å². The quantitative estimate of drug-likeness (QED) is 0.497. The molecule has 0 aliphatic heterocycles. The Kier molecular flexibility index (Phi) is 3.35. The van der Waals surface area contributed by atoms with Gasteiger partial charge >= 0.3 is 0 Å². The first-order valence-corrected chi connectivity index (χ1v) is 5.45. The fourth-order valence-electron chi connectivity index (χ4n) is 1.18. The van der Waals surface area contributed by atoms with Crippen LogP contribution in [0.5, 0.6) is 0 Å². The zero-order valence-corrected chi connectivity index (χ0v) is 10.3. The Morgan fingerprint density at radius 1 is 1.12 bits per heavy atom. The number of rotatable bonds is 3. The summed E-state index contributed by atoms with van der Waals surface area (Å²) in [6.07, 6.45) is 3.02. The molecule has 0 aromatic carbocycles. The zero-order valence-electron chi connectivity index (χ0n) is 8.68. The summed E-state index contributed by atoms with van der Waals surface area (Å²) < 4.78 is 0.892. The molecule has 7 nitrogen and oxygen atoms in total. The Morgan fingerprint density at radius 2 is 1.88 bits per heavy atom. The highest BCUT2D eigenvalue weighted by atomic mass is 79.9. The molecule has 0 aliphatic rings. The van der Waals surface area contributed by atoms with Gasteiger partial charge in [-0.05, 0) is 28.1 Å². The number of hydrogen-bond donors (Lipinski definition) is 4. The Morgan fingerprint density at radius 3 is 2.53 bits per heavy atom. The van der Waals surface area contributed by atoms with Crippen molar-refractivity contribution in [3.05, 3.63) is 29.1 Å². The second-order valence-electron chi connectivity index (χ2n) is 3.12. The van der Waals surface area contributed by atoms with Crippen LogP contribution in [0, 0.1) is 0 Å². The van der Waals surface area contributed by atoms with Crippen LogP contribution in [-0.4, -0.2) is 15.0 Å². The van der Waals surface area contributed by atoms with Gasteiger partial charge < -0.3 is 16.5 Å². The van der Waals surface area contributed by atoms with Gasteiger partial charge in [-0.1, -0.05) is 0 Å². The summed E-state index contributed by atoms with van der Waals surface area (Å²) in [7, 11) is 0. The summed E-state index contributed by atoms with van der Waals surface area (Å²) in [5, 5.41) is 2.97. The van der Waals surface area contributed by atoms with Crippen LogP contribution in [-0.2, 0) is 0 Å². The van der Waals surface area contributed by atoms with Gasteiger partial charge in [-0.25, -0.2) is 20.8 Å². The summed E-state index contributed by atoms with van der Waals surface area (Å²) in [5.74, 6) is 6.70. The van der Waals surface area contributed by atoms with Gasteiger partial charge in [-0.2, -0.15) is 0 Å². The molecule has 0 unspecified atom stereocenters. The zero-order chi connectivity index (χ0) is 12.3. The van der Waals surface area contributed by atoms with Gasteiger partial charge in [0.1, 0.15) is 17.8 Å². The van der Waals surface area contributed by atoms with Gasteiger partial charge in [-0.15, -0.1) is 0 Å². The second kappa shape index (κ2) is 4.93. The van der Waals surface area contributed by atoms with E-state index in [0.29, 0.717) is 23.1 Å². The number of aromatic nitrogens is 3. The van der Waals surface area contributed by atoms with Crippen molar-refractivity contribution in [1.82, 2.24) is 15.0 Å². The lowest BCUT2D eigenvalue weighted by atomic mass is 10.4. The number of pyridine rings is 1. The summed E-state index contributed by atoms with van der Waals surface area (Å²) >= 11 is 3.30. The van der Waals surface area contributed by atoms with E-state index >= 15 is 0 Å². The third-order valence-corrected chi connectivity index (χ3v) is 2.46. The minimum Gasteiger partial charge on any atom is -0.393 e. The van der Waals surface area contributed by atoms with E-state index in [4.69, 9.17) is 11.6 Å². The number of hydrazine groups is 1. The average molecular weight is 296 g/mol. The van der Waals surface area contributed by atoms with Crippen LogP contribution in [0.3, 0.4) is 0 Å². The summed E-state index contributed by atoms with van der Waals surface area (Å²) in [4.78, 5) is 12.0. The fourth-order valence-corrected chi connectivity index (χ4v) is 1.42. The number of nitrogens with one attached hydrogen (secondary N) is 2. The highest BCUT2D eigenvalue weighted by molar-refractivity contribution is 9.10. The van der Waals surface area contributed by atoms with Crippen molar-refractivity contribution in [3.63, 3.8) is 0 Å². The SMILES string of the molecule is NNc1ncnc(Nc2ccc(Br)cn2)c1N. The molecule has 0 spiro atoms. The van der Waals surface area contributed by atoms with E-state index in [1.165, 1.54) is 6.33 Å². The van der Waals surface area contributed by atoms with Crippen LogP contribution in [0.4, 0.5) is 23.1 Å². The molecule has 2 aromatic rings. The molecule has 17 heavy (non-hydrogen) atoms. The lowest BCUT2D eigenvalue weighted by Crippen LogP contribution is -2.12. The first-order chi connectivity index (χ1) is 8.20. The van der Waals surface area contributed by atoms with Crippen molar-refractivity contribution in [3.8, 4) is 0 Å². The smallest absolute Gasteiger partial charge is 0.168 e. The van der Waals surface area contributed by atoms with Crippen LogP contribution in [0.1, 0.15) is 0 Å². The maximum absolute atomic E-state index is 5.80. The maximum Gasteiger partial charge on any atom is 0.168 e. The van der Waals surface area contributed by atoms with E-state index in [9.17, 15) is 0 Å². The van der Waals surface area contributed by atoms with Crippen molar-refractivity contribution < 1.29 is 0 Å². The minimum absolute atomic E-state index is 0.333. The Balaban J connectivity index is 2.27. The van der Waals surface area contributed by atoms with E-state index in [1.54, 1.807) is 12.3 Å². The topological polar surface area (TPSA) is 115 Å². The molecule has 2 heterocycles. The molecule has 2 aromatic heterocycles. The molecule has 0 amide bonds. The Hall–Kier alpha value is -1.93. The van der Waals surface area contributed by atoms with Gasteiger partial charge in [-0.3, -0.25) is 0 Å². The van der Waals surface area contributed by atoms with E-state index in [0.717, 1.165) is 4.47 Å². The molecule has 6 N–H and O–H groups in total. The van der Waals surface area contributed by atoms with Crippen LogP contribution >= 0.6 is 15.9 Å². The number of halogens is 1. The van der Waals surface area contributed by atoms with Crippen molar-refractivity contribution in [2.75, 3.05) is 16.5 Å². The van der Waals surface area contributed by atoms with E-state index in [2.05, 4.69) is 41.6 Å². The third kappa shape index (κ3) is 2.60. The van der Waals surface area contributed by atoms with Crippen molar-refractivity contribution in [2.24, 2.45) is 5.84 Å². The Bertz CT molecular complexity index is 513. The molecule has 0 atom stereocenters. The fraction of sp³-hybridized carbons (Fsp3) is 0. The minimum atomic E-state index is 0.333. The largest absolute Gasteiger partial charge is 0.393 e. The molecular formula is C9H10BrN7. The van der Waals surface area contributed by atoms with Crippen LogP contribution < -0.4 is 22.3 Å². The highest BCUT2D eigenvalue weighted by Crippen LogP contribution is 2.24. The number of nitrogens with zero attached hydrogens (tertiary/aromatic N) is 3. The lowest BCUT2D eigenvalue weighted by molar-refractivity contribution is 1.14. The van der Waals surface area contributed by atoms with Gasteiger partial charge in [0.2, 0.25) is 0 Å². The monoisotopic (exact) mass is 295 g/mol. The molecule has 0 saturated heterocycles. The molecule has 2 rings (SSSR count). The van der Waals surface area contributed by atoms with Crippen molar-refractivity contribution >= 4 is 39.1 Å².